The van der Waals surface area contributed by atoms with Crippen molar-refractivity contribution in [2.75, 3.05) is 11.9 Å². The van der Waals surface area contributed by atoms with Crippen molar-refractivity contribution in [3.63, 3.8) is 0 Å². The Balaban J connectivity index is 1.60. The number of furan rings is 1. The maximum atomic E-state index is 6.25. The minimum absolute atomic E-state index is 0.588. The van der Waals surface area contributed by atoms with Crippen LogP contribution in [-0.4, -0.2) is 16.5 Å². The van der Waals surface area contributed by atoms with Gasteiger partial charge in [-0.25, -0.2) is 9.97 Å². The summed E-state index contributed by atoms with van der Waals surface area (Å²) >= 11 is 0. The Morgan fingerprint density at radius 3 is 2.03 bits per heavy atom. The third kappa shape index (κ3) is 3.55. The predicted octanol–water partition coefficient (Wildman–Crippen LogP) is 6.21. The second-order valence-electron chi connectivity index (χ2n) is 7.10. The number of nitrogens with one attached hydrogen (secondary N) is 1. The highest BCUT2D eigenvalue weighted by Gasteiger charge is 2.21. The van der Waals surface area contributed by atoms with Crippen LogP contribution >= 0.6 is 0 Å². The van der Waals surface area contributed by atoms with Crippen molar-refractivity contribution in [2.24, 2.45) is 0 Å². The first-order valence-corrected chi connectivity index (χ1v) is 10.1. The molecule has 3 aromatic carbocycles. The minimum Gasteiger partial charge on any atom is -0.437 e. The van der Waals surface area contributed by atoms with Gasteiger partial charge < -0.3 is 9.73 Å². The number of hydrogen-bond donors (Lipinski definition) is 1. The molecule has 5 aromatic rings. The summed E-state index contributed by atoms with van der Waals surface area (Å²) in [6.07, 6.45) is 2.47. The monoisotopic (exact) mass is 391 g/mol. The van der Waals surface area contributed by atoms with E-state index in [0.717, 1.165) is 46.6 Å². The van der Waals surface area contributed by atoms with Crippen LogP contribution in [0, 0.1) is 0 Å². The Kier molecular flexibility index (Phi) is 4.96. The van der Waals surface area contributed by atoms with Gasteiger partial charge in [-0.3, -0.25) is 0 Å². The van der Waals surface area contributed by atoms with E-state index in [1.165, 1.54) is 5.56 Å². The summed E-state index contributed by atoms with van der Waals surface area (Å²) in [5.41, 5.74) is 4.99. The zero-order valence-corrected chi connectivity index (χ0v) is 16.5. The van der Waals surface area contributed by atoms with E-state index in [1.807, 2.05) is 42.5 Å². The zero-order valence-electron chi connectivity index (χ0n) is 16.5. The Morgan fingerprint density at radius 2 is 1.33 bits per heavy atom. The highest BCUT2D eigenvalue weighted by molar-refractivity contribution is 6.05. The second kappa shape index (κ2) is 8.21. The largest absolute Gasteiger partial charge is 0.437 e. The molecule has 0 aliphatic heterocycles. The van der Waals surface area contributed by atoms with Gasteiger partial charge in [-0.2, -0.15) is 0 Å². The quantitative estimate of drug-likeness (QED) is 0.374. The summed E-state index contributed by atoms with van der Waals surface area (Å²) in [5, 5.41) is 4.41. The first-order chi connectivity index (χ1) is 14.9. The standard InChI is InChI=1S/C26H21N3O/c1-4-10-19(11-5-1)16-17-27-25-23-22(20-12-6-2-7-13-20)24(21-14-8-3-9-15-21)30-26(23)29-18-28-25/h1-15,18H,16-17H2,(H,27,28,29). The fourth-order valence-electron chi connectivity index (χ4n) is 3.71. The molecule has 0 saturated heterocycles. The molecule has 4 heteroatoms. The fraction of sp³-hybridized carbons (Fsp3) is 0.0769. The lowest BCUT2D eigenvalue weighted by Gasteiger charge is -2.08. The molecule has 5 rings (SSSR count). The molecule has 1 N–H and O–H groups in total. The molecule has 30 heavy (non-hydrogen) atoms. The van der Waals surface area contributed by atoms with E-state index in [9.17, 15) is 0 Å². The number of aromatic nitrogens is 2. The number of anilines is 1. The maximum absolute atomic E-state index is 6.25. The van der Waals surface area contributed by atoms with Crippen molar-refractivity contribution in [1.82, 2.24) is 9.97 Å². The van der Waals surface area contributed by atoms with Crippen LogP contribution in [0.4, 0.5) is 5.82 Å². The lowest BCUT2D eigenvalue weighted by atomic mass is 9.99. The fourth-order valence-corrected chi connectivity index (χ4v) is 3.71. The average Bonchev–Trinajstić information content (AvgIpc) is 3.21. The van der Waals surface area contributed by atoms with E-state index in [-0.39, 0.29) is 0 Å². The van der Waals surface area contributed by atoms with Gasteiger partial charge in [0, 0.05) is 17.7 Å². The number of fused-ring (bicyclic) bond motifs is 1. The lowest BCUT2D eigenvalue weighted by molar-refractivity contribution is 0.618. The van der Waals surface area contributed by atoms with E-state index in [1.54, 1.807) is 6.33 Å². The molecule has 0 bridgehead atoms. The Morgan fingerprint density at radius 1 is 0.700 bits per heavy atom. The Labute approximate surface area is 175 Å². The zero-order chi connectivity index (χ0) is 20.2. The van der Waals surface area contributed by atoms with Crippen LogP contribution in [-0.2, 0) is 6.42 Å². The maximum Gasteiger partial charge on any atom is 0.232 e. The van der Waals surface area contributed by atoms with Gasteiger partial charge >= 0.3 is 0 Å². The minimum atomic E-state index is 0.588. The number of hydrogen-bond acceptors (Lipinski definition) is 4. The summed E-state index contributed by atoms with van der Waals surface area (Å²) in [6, 6.07) is 30.9. The molecule has 146 valence electrons. The van der Waals surface area contributed by atoms with Gasteiger partial charge in [0.25, 0.3) is 0 Å². The van der Waals surface area contributed by atoms with Crippen LogP contribution in [0.25, 0.3) is 33.6 Å². The van der Waals surface area contributed by atoms with E-state index < -0.39 is 0 Å². The molecule has 0 aliphatic carbocycles. The molecule has 0 saturated carbocycles. The highest BCUT2D eigenvalue weighted by Crippen LogP contribution is 2.42. The van der Waals surface area contributed by atoms with Crippen molar-refractivity contribution in [1.29, 1.82) is 0 Å². The van der Waals surface area contributed by atoms with Crippen LogP contribution in [0.2, 0.25) is 0 Å². The normalized spacial score (nSPS) is 10.9. The van der Waals surface area contributed by atoms with Crippen LogP contribution in [0.15, 0.2) is 102 Å². The Bertz CT molecular complexity index is 1250. The molecule has 0 fully saturated rings. The lowest BCUT2D eigenvalue weighted by Crippen LogP contribution is -2.07. The van der Waals surface area contributed by atoms with E-state index in [2.05, 4.69) is 63.8 Å². The smallest absolute Gasteiger partial charge is 0.232 e. The molecular weight excluding hydrogens is 370 g/mol. The SMILES string of the molecule is c1ccc(CCNc2ncnc3oc(-c4ccccc4)c(-c4ccccc4)c23)cc1. The molecule has 0 unspecified atom stereocenters. The van der Waals surface area contributed by atoms with Crippen LogP contribution in [0.3, 0.4) is 0 Å². The molecule has 0 aliphatic rings. The molecule has 0 spiro atoms. The van der Waals surface area contributed by atoms with Gasteiger partial charge in [-0.05, 0) is 17.5 Å². The van der Waals surface area contributed by atoms with Crippen LogP contribution in [0.1, 0.15) is 5.56 Å². The first kappa shape index (κ1) is 18.1. The topological polar surface area (TPSA) is 51.0 Å². The third-order valence-electron chi connectivity index (χ3n) is 5.14. The first-order valence-electron chi connectivity index (χ1n) is 10.1. The van der Waals surface area contributed by atoms with Crippen molar-refractivity contribution >= 4 is 16.9 Å². The van der Waals surface area contributed by atoms with Gasteiger partial charge in [-0.15, -0.1) is 0 Å². The molecule has 4 nitrogen and oxygen atoms in total. The number of benzene rings is 3. The predicted molar refractivity (Wildman–Crippen MR) is 121 cm³/mol. The summed E-state index contributed by atoms with van der Waals surface area (Å²) in [5.74, 6) is 1.60. The van der Waals surface area contributed by atoms with Crippen molar-refractivity contribution < 1.29 is 4.42 Å². The van der Waals surface area contributed by atoms with Gasteiger partial charge in [0.2, 0.25) is 5.71 Å². The number of nitrogens with zero attached hydrogens (tertiary/aromatic N) is 2. The van der Waals surface area contributed by atoms with Crippen LogP contribution < -0.4 is 5.32 Å². The van der Waals surface area contributed by atoms with Crippen molar-refractivity contribution in [3.8, 4) is 22.5 Å². The molecule has 0 radical (unpaired) electrons. The summed E-state index contributed by atoms with van der Waals surface area (Å²) in [4.78, 5) is 8.97. The summed E-state index contributed by atoms with van der Waals surface area (Å²) < 4.78 is 6.25. The molecule has 0 atom stereocenters. The third-order valence-corrected chi connectivity index (χ3v) is 5.14. The van der Waals surface area contributed by atoms with Gasteiger partial charge in [0.1, 0.15) is 17.9 Å². The molecule has 2 heterocycles. The van der Waals surface area contributed by atoms with Crippen molar-refractivity contribution in [2.45, 2.75) is 6.42 Å². The van der Waals surface area contributed by atoms with Gasteiger partial charge in [-0.1, -0.05) is 91.0 Å². The van der Waals surface area contributed by atoms with E-state index in [4.69, 9.17) is 4.42 Å². The number of rotatable bonds is 6. The second-order valence-corrected chi connectivity index (χ2v) is 7.10. The Hall–Kier alpha value is -3.92. The summed E-state index contributed by atoms with van der Waals surface area (Å²) in [6.45, 7) is 0.774. The highest BCUT2D eigenvalue weighted by atomic mass is 16.3. The van der Waals surface area contributed by atoms with E-state index >= 15 is 0 Å². The van der Waals surface area contributed by atoms with Crippen molar-refractivity contribution in [3.05, 3.63) is 103 Å². The van der Waals surface area contributed by atoms with E-state index in [0.29, 0.717) is 5.71 Å². The molecular formula is C26H21N3O. The summed E-state index contributed by atoms with van der Waals surface area (Å²) in [7, 11) is 0. The molecule has 2 aromatic heterocycles. The average molecular weight is 391 g/mol. The van der Waals surface area contributed by atoms with Crippen LogP contribution in [0.5, 0.6) is 0 Å². The molecule has 0 amide bonds. The van der Waals surface area contributed by atoms with Gasteiger partial charge in [0.05, 0.1) is 5.39 Å². The van der Waals surface area contributed by atoms with Gasteiger partial charge in [0.15, 0.2) is 0 Å².